The molecular formula is C18H10BrNO. The van der Waals surface area contributed by atoms with Crippen LogP contribution in [-0.4, -0.2) is 4.98 Å². The average Bonchev–Trinajstić information content (AvgIpc) is 3.05. The zero-order valence-electron chi connectivity index (χ0n) is 11.0. The fourth-order valence-electron chi connectivity index (χ4n) is 3.17. The van der Waals surface area contributed by atoms with Gasteiger partial charge >= 0.3 is 0 Å². The van der Waals surface area contributed by atoms with Crippen molar-refractivity contribution in [3.05, 3.63) is 59.1 Å². The number of nitrogens with one attached hydrogen (secondary N) is 1. The molecule has 5 aromatic rings. The van der Waals surface area contributed by atoms with Crippen LogP contribution in [0.3, 0.4) is 0 Å². The number of furan rings is 1. The first-order chi connectivity index (χ1) is 10.3. The van der Waals surface area contributed by atoms with Crippen molar-refractivity contribution >= 4 is 59.7 Å². The van der Waals surface area contributed by atoms with Crippen LogP contribution in [0.5, 0.6) is 0 Å². The topological polar surface area (TPSA) is 28.9 Å². The highest BCUT2D eigenvalue weighted by molar-refractivity contribution is 9.10. The number of aromatic nitrogens is 1. The maximum atomic E-state index is 5.96. The summed E-state index contributed by atoms with van der Waals surface area (Å²) < 4.78 is 7.04. The van der Waals surface area contributed by atoms with Gasteiger partial charge in [-0.15, -0.1) is 0 Å². The third-order valence-electron chi connectivity index (χ3n) is 4.10. The number of hydrogen-bond acceptors (Lipinski definition) is 1. The van der Waals surface area contributed by atoms with Crippen LogP contribution in [-0.2, 0) is 0 Å². The summed E-state index contributed by atoms with van der Waals surface area (Å²) in [4.78, 5) is 3.56. The minimum atomic E-state index is 0.923. The molecule has 0 saturated carbocycles. The Bertz CT molecular complexity index is 1150. The van der Waals surface area contributed by atoms with Crippen LogP contribution < -0.4 is 0 Å². The van der Waals surface area contributed by atoms with Gasteiger partial charge < -0.3 is 9.40 Å². The SMILES string of the molecule is Brc1cccc2c1[nH]c1c2ccc2oc3ccccc3c21. The molecule has 100 valence electrons. The van der Waals surface area contributed by atoms with Crippen molar-refractivity contribution in [3.63, 3.8) is 0 Å². The number of benzene rings is 3. The summed E-state index contributed by atoms with van der Waals surface area (Å²) >= 11 is 3.62. The van der Waals surface area contributed by atoms with Gasteiger partial charge in [0.25, 0.3) is 0 Å². The van der Waals surface area contributed by atoms with Gasteiger partial charge in [-0.25, -0.2) is 0 Å². The molecule has 2 nitrogen and oxygen atoms in total. The highest BCUT2D eigenvalue weighted by Gasteiger charge is 2.14. The summed E-state index contributed by atoms with van der Waals surface area (Å²) in [7, 11) is 0. The van der Waals surface area contributed by atoms with E-state index in [1.165, 1.54) is 10.8 Å². The number of fused-ring (bicyclic) bond motifs is 7. The Hall–Kier alpha value is -2.26. The molecule has 2 heterocycles. The molecule has 2 aromatic heterocycles. The van der Waals surface area contributed by atoms with E-state index >= 15 is 0 Å². The molecule has 0 atom stereocenters. The summed E-state index contributed by atoms with van der Waals surface area (Å²) in [6, 6.07) is 18.6. The monoisotopic (exact) mass is 335 g/mol. The molecule has 3 aromatic carbocycles. The summed E-state index contributed by atoms with van der Waals surface area (Å²) in [6.45, 7) is 0. The van der Waals surface area contributed by atoms with E-state index in [9.17, 15) is 0 Å². The van der Waals surface area contributed by atoms with E-state index in [1.807, 2.05) is 12.1 Å². The minimum absolute atomic E-state index is 0.923. The maximum absolute atomic E-state index is 5.96. The number of aromatic amines is 1. The van der Waals surface area contributed by atoms with Gasteiger partial charge in [-0.3, -0.25) is 0 Å². The van der Waals surface area contributed by atoms with Crippen molar-refractivity contribution in [3.8, 4) is 0 Å². The predicted octanol–water partition coefficient (Wildman–Crippen LogP) is 5.98. The second kappa shape index (κ2) is 3.89. The van der Waals surface area contributed by atoms with Gasteiger partial charge in [-0.05, 0) is 40.2 Å². The number of H-pyrrole nitrogens is 1. The first-order valence-electron chi connectivity index (χ1n) is 6.83. The molecule has 0 fully saturated rings. The van der Waals surface area contributed by atoms with Gasteiger partial charge in [0.1, 0.15) is 11.2 Å². The zero-order valence-corrected chi connectivity index (χ0v) is 12.6. The number of para-hydroxylation sites is 2. The average molecular weight is 336 g/mol. The van der Waals surface area contributed by atoms with Crippen molar-refractivity contribution < 1.29 is 4.42 Å². The van der Waals surface area contributed by atoms with Gasteiger partial charge in [-0.2, -0.15) is 0 Å². The van der Waals surface area contributed by atoms with E-state index in [4.69, 9.17) is 4.42 Å². The van der Waals surface area contributed by atoms with Gasteiger partial charge in [0, 0.05) is 20.6 Å². The second-order valence-electron chi connectivity index (χ2n) is 5.25. The summed E-state index contributed by atoms with van der Waals surface area (Å²) in [6.07, 6.45) is 0. The van der Waals surface area contributed by atoms with Crippen molar-refractivity contribution in [2.75, 3.05) is 0 Å². The van der Waals surface area contributed by atoms with Crippen LogP contribution >= 0.6 is 15.9 Å². The molecule has 0 aliphatic rings. The van der Waals surface area contributed by atoms with E-state index in [1.54, 1.807) is 0 Å². The molecule has 0 amide bonds. The van der Waals surface area contributed by atoms with E-state index in [-0.39, 0.29) is 0 Å². The molecule has 0 radical (unpaired) electrons. The van der Waals surface area contributed by atoms with E-state index in [2.05, 4.69) is 63.4 Å². The molecule has 3 heteroatoms. The molecule has 0 aliphatic heterocycles. The molecule has 0 saturated heterocycles. The van der Waals surface area contributed by atoms with Crippen molar-refractivity contribution in [2.45, 2.75) is 0 Å². The highest BCUT2D eigenvalue weighted by atomic mass is 79.9. The minimum Gasteiger partial charge on any atom is -0.456 e. The van der Waals surface area contributed by atoms with Gasteiger partial charge in [0.2, 0.25) is 0 Å². The lowest BCUT2D eigenvalue weighted by Gasteiger charge is -1.93. The number of halogens is 1. The molecular weight excluding hydrogens is 326 g/mol. The maximum Gasteiger partial charge on any atom is 0.137 e. The van der Waals surface area contributed by atoms with Gasteiger partial charge in [-0.1, -0.05) is 30.3 Å². The second-order valence-corrected chi connectivity index (χ2v) is 6.10. The lowest BCUT2D eigenvalue weighted by Crippen LogP contribution is -1.71. The molecule has 0 unspecified atom stereocenters. The van der Waals surface area contributed by atoms with Crippen LogP contribution in [0.25, 0.3) is 43.7 Å². The van der Waals surface area contributed by atoms with E-state index in [0.29, 0.717) is 0 Å². The van der Waals surface area contributed by atoms with Crippen LogP contribution in [0.15, 0.2) is 63.5 Å². The summed E-state index contributed by atoms with van der Waals surface area (Å²) in [5.74, 6) is 0. The molecule has 0 aliphatic carbocycles. The normalized spacial score (nSPS) is 12.0. The van der Waals surface area contributed by atoms with Crippen LogP contribution in [0, 0.1) is 0 Å². The van der Waals surface area contributed by atoms with Gasteiger partial charge in [0.05, 0.1) is 16.4 Å². The third kappa shape index (κ3) is 1.41. The smallest absolute Gasteiger partial charge is 0.137 e. The fraction of sp³-hybridized carbons (Fsp3) is 0. The predicted molar refractivity (Wildman–Crippen MR) is 90.8 cm³/mol. The molecule has 21 heavy (non-hydrogen) atoms. The first-order valence-corrected chi connectivity index (χ1v) is 7.62. The van der Waals surface area contributed by atoms with Crippen molar-refractivity contribution in [2.24, 2.45) is 0 Å². The van der Waals surface area contributed by atoms with Gasteiger partial charge in [0.15, 0.2) is 0 Å². The Morgan fingerprint density at radius 2 is 1.52 bits per heavy atom. The Labute approximate surface area is 128 Å². The van der Waals surface area contributed by atoms with E-state index < -0.39 is 0 Å². The summed E-state index contributed by atoms with van der Waals surface area (Å²) in [5.41, 5.74) is 4.12. The quantitative estimate of drug-likeness (QED) is 0.370. The highest BCUT2D eigenvalue weighted by Crippen LogP contribution is 2.38. The molecule has 0 bridgehead atoms. The zero-order chi connectivity index (χ0) is 14.0. The Morgan fingerprint density at radius 3 is 2.48 bits per heavy atom. The van der Waals surface area contributed by atoms with Crippen molar-refractivity contribution in [1.29, 1.82) is 0 Å². The number of hydrogen-bond donors (Lipinski definition) is 1. The first kappa shape index (κ1) is 11.4. The largest absolute Gasteiger partial charge is 0.456 e. The lowest BCUT2D eigenvalue weighted by molar-refractivity contribution is 0.669. The summed E-state index contributed by atoms with van der Waals surface area (Å²) in [5, 5.41) is 4.77. The van der Waals surface area contributed by atoms with Crippen LogP contribution in [0.2, 0.25) is 0 Å². The van der Waals surface area contributed by atoms with Crippen molar-refractivity contribution in [1.82, 2.24) is 4.98 Å². The third-order valence-corrected chi connectivity index (χ3v) is 4.76. The lowest BCUT2D eigenvalue weighted by atomic mass is 10.1. The van der Waals surface area contributed by atoms with Crippen LogP contribution in [0.4, 0.5) is 0 Å². The van der Waals surface area contributed by atoms with Crippen LogP contribution in [0.1, 0.15) is 0 Å². The van der Waals surface area contributed by atoms with E-state index in [0.717, 1.165) is 37.4 Å². The Kier molecular flexibility index (Phi) is 2.11. The molecule has 0 spiro atoms. The number of rotatable bonds is 0. The Morgan fingerprint density at radius 1 is 0.714 bits per heavy atom. The Balaban J connectivity index is 2.13. The molecule has 1 N–H and O–H groups in total. The molecule has 5 rings (SSSR count). The standard InChI is InChI=1S/C18H10BrNO/c19-13-6-3-5-10-11-8-9-15-16(18(11)20-17(10)13)12-4-1-2-7-14(12)21-15/h1-9,20H. The fourth-order valence-corrected chi connectivity index (χ4v) is 3.64.